The standard InChI is InChI=1S/C22H30N6/c1-5-6-13-23-22(24-15-21-27-26-17(3)28(21)4)25-16(2)19-12-11-18-9-7-8-10-20(18)14-19/h7-12,14,16H,5-6,13,15H2,1-4H3,(H2,23,24,25). The Labute approximate surface area is 167 Å². The molecule has 1 atom stereocenters. The van der Waals surface area contributed by atoms with Gasteiger partial charge in [-0.2, -0.15) is 0 Å². The number of hydrogen-bond acceptors (Lipinski definition) is 3. The molecule has 148 valence electrons. The van der Waals surface area contributed by atoms with Crippen LogP contribution >= 0.6 is 0 Å². The van der Waals surface area contributed by atoms with Crippen LogP contribution in [0.2, 0.25) is 0 Å². The van der Waals surface area contributed by atoms with Gasteiger partial charge < -0.3 is 15.2 Å². The van der Waals surface area contributed by atoms with Crippen LogP contribution in [0.15, 0.2) is 47.5 Å². The monoisotopic (exact) mass is 378 g/mol. The van der Waals surface area contributed by atoms with E-state index in [-0.39, 0.29) is 6.04 Å². The third-order valence-corrected chi connectivity index (χ3v) is 5.01. The lowest BCUT2D eigenvalue weighted by Crippen LogP contribution is -2.39. The molecule has 1 aromatic heterocycles. The Kier molecular flexibility index (Phi) is 6.63. The lowest BCUT2D eigenvalue weighted by atomic mass is 10.0. The maximum absolute atomic E-state index is 4.74. The molecule has 0 amide bonds. The van der Waals surface area contributed by atoms with Crippen LogP contribution in [0, 0.1) is 6.92 Å². The zero-order valence-electron chi connectivity index (χ0n) is 17.2. The fraction of sp³-hybridized carbons (Fsp3) is 0.409. The van der Waals surface area contributed by atoms with Crippen LogP contribution in [0.4, 0.5) is 0 Å². The number of benzene rings is 2. The highest BCUT2D eigenvalue weighted by Gasteiger charge is 2.10. The van der Waals surface area contributed by atoms with E-state index in [9.17, 15) is 0 Å². The van der Waals surface area contributed by atoms with Gasteiger partial charge in [-0.1, -0.05) is 49.7 Å². The SMILES string of the molecule is CCCCNC(=NCc1nnc(C)n1C)NC(C)c1ccc2ccccc2c1. The van der Waals surface area contributed by atoms with Crippen LogP contribution in [-0.4, -0.2) is 27.3 Å². The van der Waals surface area contributed by atoms with Gasteiger partial charge in [-0.25, -0.2) is 4.99 Å². The molecule has 0 fully saturated rings. The van der Waals surface area contributed by atoms with Crippen molar-refractivity contribution in [2.45, 2.75) is 46.2 Å². The summed E-state index contributed by atoms with van der Waals surface area (Å²) in [6.45, 7) is 7.67. The van der Waals surface area contributed by atoms with E-state index in [1.165, 1.54) is 16.3 Å². The van der Waals surface area contributed by atoms with Gasteiger partial charge in [-0.05, 0) is 42.7 Å². The second-order valence-corrected chi connectivity index (χ2v) is 7.14. The summed E-state index contributed by atoms with van der Waals surface area (Å²) in [5.74, 6) is 2.55. The minimum Gasteiger partial charge on any atom is -0.356 e. The topological polar surface area (TPSA) is 67.1 Å². The van der Waals surface area contributed by atoms with Gasteiger partial charge in [0.05, 0.1) is 6.04 Å². The Hall–Kier alpha value is -2.89. The third-order valence-electron chi connectivity index (χ3n) is 5.01. The molecule has 1 heterocycles. The first-order chi connectivity index (χ1) is 13.6. The summed E-state index contributed by atoms with van der Waals surface area (Å²) in [4.78, 5) is 4.74. The van der Waals surface area contributed by atoms with Crippen molar-refractivity contribution in [2.24, 2.45) is 12.0 Å². The summed E-state index contributed by atoms with van der Waals surface area (Å²) in [7, 11) is 1.97. The highest BCUT2D eigenvalue weighted by molar-refractivity contribution is 5.84. The summed E-state index contributed by atoms with van der Waals surface area (Å²) in [6.07, 6.45) is 2.25. The second kappa shape index (κ2) is 9.35. The van der Waals surface area contributed by atoms with Crippen LogP contribution in [0.3, 0.4) is 0 Å². The molecule has 1 unspecified atom stereocenters. The molecule has 0 radical (unpaired) electrons. The van der Waals surface area contributed by atoms with Gasteiger partial charge in [0, 0.05) is 13.6 Å². The van der Waals surface area contributed by atoms with Gasteiger partial charge in [0.1, 0.15) is 12.4 Å². The Morgan fingerprint density at radius 1 is 1.14 bits per heavy atom. The molecule has 0 aliphatic rings. The van der Waals surface area contributed by atoms with Crippen molar-refractivity contribution in [2.75, 3.05) is 6.54 Å². The lowest BCUT2D eigenvalue weighted by molar-refractivity contribution is 0.663. The molecule has 3 rings (SSSR count). The number of hydrogen-bond donors (Lipinski definition) is 2. The molecule has 0 aliphatic carbocycles. The summed E-state index contributed by atoms with van der Waals surface area (Å²) in [5.41, 5.74) is 1.23. The van der Waals surface area contributed by atoms with E-state index >= 15 is 0 Å². The number of rotatable bonds is 7. The van der Waals surface area contributed by atoms with E-state index in [0.717, 1.165) is 37.0 Å². The van der Waals surface area contributed by atoms with Gasteiger partial charge in [0.25, 0.3) is 0 Å². The van der Waals surface area contributed by atoms with Gasteiger partial charge >= 0.3 is 0 Å². The zero-order valence-corrected chi connectivity index (χ0v) is 17.2. The maximum Gasteiger partial charge on any atom is 0.192 e. The lowest BCUT2D eigenvalue weighted by Gasteiger charge is -2.19. The smallest absolute Gasteiger partial charge is 0.192 e. The van der Waals surface area contributed by atoms with E-state index in [4.69, 9.17) is 4.99 Å². The molecular weight excluding hydrogens is 348 g/mol. The normalized spacial score (nSPS) is 12.9. The Morgan fingerprint density at radius 3 is 2.64 bits per heavy atom. The maximum atomic E-state index is 4.74. The van der Waals surface area contributed by atoms with E-state index in [1.54, 1.807) is 0 Å². The van der Waals surface area contributed by atoms with Crippen molar-refractivity contribution in [1.29, 1.82) is 0 Å². The number of nitrogens with zero attached hydrogens (tertiary/aromatic N) is 4. The molecule has 0 aliphatic heterocycles. The van der Waals surface area contributed by atoms with Gasteiger partial charge in [-0.15, -0.1) is 10.2 Å². The molecule has 0 saturated heterocycles. The molecule has 6 nitrogen and oxygen atoms in total. The average Bonchev–Trinajstić information content (AvgIpc) is 3.03. The Balaban J connectivity index is 1.74. The van der Waals surface area contributed by atoms with Crippen LogP contribution in [0.25, 0.3) is 10.8 Å². The van der Waals surface area contributed by atoms with Crippen molar-refractivity contribution in [3.63, 3.8) is 0 Å². The third kappa shape index (κ3) is 4.88. The van der Waals surface area contributed by atoms with Crippen LogP contribution < -0.4 is 10.6 Å². The molecule has 2 aromatic carbocycles. The first-order valence-corrected chi connectivity index (χ1v) is 9.97. The van der Waals surface area contributed by atoms with E-state index in [1.807, 2.05) is 18.5 Å². The molecule has 28 heavy (non-hydrogen) atoms. The predicted molar refractivity (Wildman–Crippen MR) is 115 cm³/mol. The molecule has 0 saturated carbocycles. The quantitative estimate of drug-likeness (QED) is 0.372. The van der Waals surface area contributed by atoms with Crippen molar-refractivity contribution < 1.29 is 0 Å². The number of aryl methyl sites for hydroxylation is 1. The number of fused-ring (bicyclic) bond motifs is 1. The van der Waals surface area contributed by atoms with Gasteiger partial charge in [0.2, 0.25) is 0 Å². The molecule has 0 bridgehead atoms. The highest BCUT2D eigenvalue weighted by Crippen LogP contribution is 2.20. The van der Waals surface area contributed by atoms with Crippen LogP contribution in [0.1, 0.15) is 49.9 Å². The van der Waals surface area contributed by atoms with E-state index in [0.29, 0.717) is 6.54 Å². The first-order valence-electron chi connectivity index (χ1n) is 9.97. The minimum atomic E-state index is 0.138. The van der Waals surface area contributed by atoms with Crippen molar-refractivity contribution in [3.05, 3.63) is 59.7 Å². The van der Waals surface area contributed by atoms with Crippen molar-refractivity contribution in [1.82, 2.24) is 25.4 Å². The Morgan fingerprint density at radius 2 is 1.93 bits per heavy atom. The fourth-order valence-corrected chi connectivity index (χ4v) is 3.04. The number of guanidine groups is 1. The van der Waals surface area contributed by atoms with Gasteiger partial charge in [0.15, 0.2) is 11.8 Å². The number of aromatic nitrogens is 3. The van der Waals surface area contributed by atoms with Crippen molar-refractivity contribution >= 4 is 16.7 Å². The predicted octanol–water partition coefficient (Wildman–Crippen LogP) is 3.87. The summed E-state index contributed by atoms with van der Waals surface area (Å²) >= 11 is 0. The summed E-state index contributed by atoms with van der Waals surface area (Å²) < 4.78 is 1.97. The second-order valence-electron chi connectivity index (χ2n) is 7.14. The largest absolute Gasteiger partial charge is 0.356 e. The fourth-order valence-electron chi connectivity index (χ4n) is 3.04. The summed E-state index contributed by atoms with van der Waals surface area (Å²) in [6, 6.07) is 15.2. The zero-order chi connectivity index (χ0) is 19.9. The van der Waals surface area contributed by atoms with Crippen LogP contribution in [0.5, 0.6) is 0 Å². The minimum absolute atomic E-state index is 0.138. The first kappa shape index (κ1) is 19.9. The van der Waals surface area contributed by atoms with Crippen molar-refractivity contribution in [3.8, 4) is 0 Å². The Bertz CT molecular complexity index is 943. The number of nitrogens with one attached hydrogen (secondary N) is 2. The molecule has 6 heteroatoms. The number of aliphatic imine (C=N–C) groups is 1. The van der Waals surface area contributed by atoms with E-state index < -0.39 is 0 Å². The van der Waals surface area contributed by atoms with Gasteiger partial charge in [-0.3, -0.25) is 0 Å². The molecule has 3 aromatic rings. The summed E-state index contributed by atoms with van der Waals surface area (Å²) in [5, 5.41) is 17.8. The molecule has 2 N–H and O–H groups in total. The molecular formula is C22H30N6. The molecule has 0 spiro atoms. The highest BCUT2D eigenvalue weighted by atomic mass is 15.3. The van der Waals surface area contributed by atoms with E-state index in [2.05, 4.69) is 77.1 Å². The average molecular weight is 379 g/mol. The van der Waals surface area contributed by atoms with Crippen LogP contribution in [-0.2, 0) is 13.6 Å². The number of unbranched alkanes of at least 4 members (excludes halogenated alkanes) is 1.